The van der Waals surface area contributed by atoms with E-state index in [2.05, 4.69) is 68.1 Å². The number of fused-ring (bicyclic) bond motifs is 1. The van der Waals surface area contributed by atoms with E-state index in [-0.39, 0.29) is 121 Å². The van der Waals surface area contributed by atoms with Crippen LogP contribution in [0.5, 0.6) is 0 Å². The van der Waals surface area contributed by atoms with Crippen LogP contribution in [0, 0.1) is 11.8 Å². The third-order valence-corrected chi connectivity index (χ3v) is 17.6. The maximum Gasteiger partial charge on any atom is 0.317 e. The van der Waals surface area contributed by atoms with Crippen molar-refractivity contribution in [1.82, 2.24) is 82.4 Å². The number of hydrogen-bond acceptors (Lipinski definition) is 21. The molecule has 11 amide bonds. The summed E-state index contributed by atoms with van der Waals surface area (Å²) in [5.74, 6) is -13.7. The molecule has 1 saturated heterocycles. The van der Waals surface area contributed by atoms with Gasteiger partial charge in [0.05, 0.1) is 45.6 Å². The number of primary amides is 1. The summed E-state index contributed by atoms with van der Waals surface area (Å²) in [7, 11) is 0. The first kappa shape index (κ1) is 86.1. The normalized spacial score (nSPS) is 15.4. The fraction of sp³-hybridized carbons (Fsp3) is 0.529. The van der Waals surface area contributed by atoms with E-state index < -0.39 is 163 Å². The third kappa shape index (κ3) is 30.6. The number of rotatable bonds is 41. The number of nitrogens with one attached hydrogen (secondary N) is 12. The molecule has 2 aromatic heterocycles. The zero-order valence-electron chi connectivity index (χ0n) is 60.0. The summed E-state index contributed by atoms with van der Waals surface area (Å²) in [6.45, 7) is 6.92. The quantitative estimate of drug-likeness (QED) is 0.0209. The van der Waals surface area contributed by atoms with E-state index in [4.69, 9.17) is 5.73 Å². The molecule has 18 N–H and O–H groups in total. The summed E-state index contributed by atoms with van der Waals surface area (Å²) in [4.78, 5) is 213. The second-order valence-corrected chi connectivity index (χ2v) is 27.3. The van der Waals surface area contributed by atoms with Crippen LogP contribution in [0.25, 0.3) is 10.9 Å². The first-order valence-corrected chi connectivity index (χ1v) is 35.8. The number of carboxylic acid groups (broad SMARTS) is 4. The maximum atomic E-state index is 14.4. The highest BCUT2D eigenvalue weighted by Crippen LogP contribution is 2.20. The number of H-pyrrole nitrogens is 2. The van der Waals surface area contributed by atoms with E-state index in [0.717, 1.165) is 0 Å². The molecule has 0 bridgehead atoms. The van der Waals surface area contributed by atoms with Gasteiger partial charge in [-0.15, -0.1) is 0 Å². The fourth-order valence-electron chi connectivity index (χ4n) is 11.2. The highest BCUT2D eigenvalue weighted by Gasteiger charge is 2.35. The summed E-state index contributed by atoms with van der Waals surface area (Å²) >= 11 is 1.45. The van der Waals surface area contributed by atoms with Crippen LogP contribution < -0.4 is 58.9 Å². The minimum Gasteiger partial charge on any atom is -0.481 e. The van der Waals surface area contributed by atoms with Crippen molar-refractivity contribution in [3.8, 4) is 0 Å². The van der Waals surface area contributed by atoms with Gasteiger partial charge in [0.15, 0.2) is 0 Å². The van der Waals surface area contributed by atoms with E-state index >= 15 is 0 Å². The Kier molecular flexibility index (Phi) is 35.4. The Hall–Kier alpha value is -10.6. The molecule has 3 heterocycles. The van der Waals surface area contributed by atoms with Crippen LogP contribution in [0.1, 0.15) is 81.9 Å². The Morgan fingerprint density at radius 1 is 0.528 bits per heavy atom. The molecule has 7 atom stereocenters. The molecule has 2 aromatic carbocycles. The van der Waals surface area contributed by atoms with Gasteiger partial charge in [-0.25, -0.2) is 4.98 Å². The van der Waals surface area contributed by atoms with Crippen LogP contribution in [0.3, 0.4) is 0 Å². The number of carbonyl (C=O) groups excluding carboxylic acids is 11. The number of thioether (sulfide) groups is 1. The van der Waals surface area contributed by atoms with Crippen molar-refractivity contribution in [2.24, 2.45) is 17.6 Å². The Bertz CT molecular complexity index is 3660. The second-order valence-electron chi connectivity index (χ2n) is 26.3. The van der Waals surface area contributed by atoms with Crippen LogP contribution in [-0.4, -0.2) is 290 Å². The summed E-state index contributed by atoms with van der Waals surface area (Å²) in [6.07, 6.45) is 5.19. The van der Waals surface area contributed by atoms with Crippen LogP contribution >= 0.6 is 11.8 Å². The molecule has 0 aliphatic carbocycles. The number of benzene rings is 2. The zero-order chi connectivity index (χ0) is 78.2. The smallest absolute Gasteiger partial charge is 0.317 e. The molecule has 1 fully saturated rings. The van der Waals surface area contributed by atoms with Crippen molar-refractivity contribution in [3.05, 3.63) is 84.1 Å². The van der Waals surface area contributed by atoms with Crippen LogP contribution in [0.4, 0.5) is 5.69 Å². The lowest BCUT2D eigenvalue weighted by Crippen LogP contribution is -2.59. The van der Waals surface area contributed by atoms with Crippen LogP contribution in [0.15, 0.2) is 67.3 Å². The third-order valence-electron chi connectivity index (χ3n) is 16.9. The Morgan fingerprint density at radius 2 is 1.06 bits per heavy atom. The van der Waals surface area contributed by atoms with E-state index in [1.54, 1.807) is 63.9 Å². The van der Waals surface area contributed by atoms with Crippen LogP contribution in [-0.2, 0) is 80.0 Å². The lowest BCUT2D eigenvalue weighted by molar-refractivity contribution is -0.140. The Balaban J connectivity index is 1.22. The van der Waals surface area contributed by atoms with Crippen molar-refractivity contribution >= 4 is 117 Å². The standard InChI is InChI=1S/C68H98N18O19S/c1-39(2)27-50(66(103)78-48(61(69)98)17-26-106-6)80-67(104)52(29-45-31-70-38-74-45)77-54(88)33-73-68(105)60(40(3)4)82-62(99)41(5)75-65(102)51(28-43-30-71-47-10-8-7-9-46(43)47)81-64(101)49(15-16-56(90)91)79-63(100)42-11-13-44(14-12-42)76-53(87)32-72-55(89)34-83-18-20-84(35-57(92)93)22-24-86(37-59(96)97)25-23-85(21-19-83)36-58(94)95/h7-14,30-31,38-41,48-52,60,71H,15-29,32-37H2,1-6H3,(H2,69,98)(H,70,74)(H,72,89)(H,73,105)(H,75,102)(H,76,87)(H,77,88)(H,78,103)(H,79,100)(H,80,104)(H,81,101)(H,82,99)(H,90,91)(H,92,93)(H,94,95)(H,96,97)/t41-,48-,49-,50-,51-,52-,60-/m0/s1. The highest BCUT2D eigenvalue weighted by molar-refractivity contribution is 7.98. The number of aliphatic carboxylic acids is 4. The molecule has 4 aromatic rings. The van der Waals surface area contributed by atoms with Gasteiger partial charge in [-0.2, -0.15) is 11.8 Å². The van der Waals surface area contributed by atoms with Crippen molar-refractivity contribution in [2.45, 2.75) is 115 Å². The first-order chi connectivity index (χ1) is 50.3. The van der Waals surface area contributed by atoms with E-state index in [1.807, 2.05) is 20.1 Å². The minimum atomic E-state index is -1.58. The summed E-state index contributed by atoms with van der Waals surface area (Å²) in [6, 6.07) is 3.04. The SMILES string of the molecule is CSCC[C@H](NC(=O)[C@H](CC(C)C)NC(=O)[C@H](Cc1cnc[nH]1)NC(=O)CNC(=O)[C@@H](NC(=O)[C@H](C)NC(=O)[C@H](Cc1c[nH]c2ccccc12)NC(=O)[C@H](CCC(=O)O)NC(=O)c1ccc(NC(=O)CNC(=O)CN2CCN(CC(=O)O)CCN(CC(=O)O)CCN(CC(=O)O)CC2)cc1)C(C)C)C(N)=O. The monoisotopic (exact) mass is 1500 g/mol. The summed E-state index contributed by atoms with van der Waals surface area (Å²) in [5, 5.41) is 64.7. The lowest BCUT2D eigenvalue weighted by Gasteiger charge is -2.32. The molecule has 580 valence electrons. The molecule has 5 rings (SSSR count). The average molecular weight is 1500 g/mol. The number of anilines is 1. The molecule has 0 saturated carbocycles. The second kappa shape index (κ2) is 43.6. The first-order valence-electron chi connectivity index (χ1n) is 34.4. The van der Waals surface area contributed by atoms with E-state index in [0.29, 0.717) is 27.9 Å². The van der Waals surface area contributed by atoms with Gasteiger partial charge in [0, 0.05) is 112 Å². The number of carbonyl (C=O) groups is 15. The minimum absolute atomic E-state index is 0.0544. The van der Waals surface area contributed by atoms with Gasteiger partial charge in [-0.1, -0.05) is 45.9 Å². The van der Waals surface area contributed by atoms with Gasteiger partial charge in [-0.05, 0) is 85.9 Å². The molecule has 38 heteroatoms. The molecule has 37 nitrogen and oxygen atoms in total. The summed E-state index contributed by atoms with van der Waals surface area (Å²) < 4.78 is 0. The molecular formula is C68H98N18O19S. The maximum absolute atomic E-state index is 14.4. The summed E-state index contributed by atoms with van der Waals surface area (Å²) in [5.41, 5.74) is 7.32. The van der Waals surface area contributed by atoms with Gasteiger partial charge in [0.1, 0.15) is 42.3 Å². The molecule has 1 aliphatic rings. The zero-order valence-corrected chi connectivity index (χ0v) is 60.8. The van der Waals surface area contributed by atoms with Gasteiger partial charge in [-0.3, -0.25) is 91.5 Å². The number of nitrogens with zero attached hydrogens (tertiary/aromatic N) is 5. The average Bonchev–Trinajstić information content (AvgIpc) is 1.68. The molecule has 1 aliphatic heterocycles. The Labute approximate surface area is 615 Å². The van der Waals surface area contributed by atoms with Gasteiger partial charge >= 0.3 is 23.9 Å². The topological polar surface area (TPSA) is 541 Å². The van der Waals surface area contributed by atoms with Crippen molar-refractivity contribution in [3.63, 3.8) is 0 Å². The molecule has 106 heavy (non-hydrogen) atoms. The molecular weight excluding hydrogens is 1400 g/mol. The number of aromatic amines is 2. The molecule has 0 unspecified atom stereocenters. The predicted octanol–water partition coefficient (Wildman–Crippen LogP) is -3.14. The largest absolute Gasteiger partial charge is 0.481 e. The highest BCUT2D eigenvalue weighted by atomic mass is 32.2. The van der Waals surface area contributed by atoms with Crippen molar-refractivity contribution in [1.29, 1.82) is 0 Å². The number of amides is 11. The van der Waals surface area contributed by atoms with Gasteiger partial charge in [0.2, 0.25) is 59.1 Å². The number of imidazole rings is 1. The number of aromatic nitrogens is 3. The van der Waals surface area contributed by atoms with Crippen molar-refractivity contribution < 1.29 is 92.3 Å². The van der Waals surface area contributed by atoms with Crippen LogP contribution in [0.2, 0.25) is 0 Å². The number of hydrogen-bond donors (Lipinski definition) is 17. The Morgan fingerprint density at radius 3 is 1.59 bits per heavy atom. The predicted molar refractivity (Wildman–Crippen MR) is 386 cm³/mol. The number of nitrogens with two attached hydrogens (primary N) is 1. The number of para-hydroxylation sites is 1. The van der Waals surface area contributed by atoms with Gasteiger partial charge in [0.25, 0.3) is 5.91 Å². The number of carboxylic acids is 4. The lowest BCUT2D eigenvalue weighted by atomic mass is 10.0. The molecule has 0 radical (unpaired) electrons. The van der Waals surface area contributed by atoms with Crippen molar-refractivity contribution in [2.75, 3.05) is 109 Å². The van der Waals surface area contributed by atoms with E-state index in [9.17, 15) is 92.3 Å². The van der Waals surface area contributed by atoms with E-state index in [1.165, 1.54) is 55.5 Å². The molecule has 0 spiro atoms. The van der Waals surface area contributed by atoms with Gasteiger partial charge < -0.3 is 89.3 Å². The fourth-order valence-corrected chi connectivity index (χ4v) is 11.7.